The van der Waals surface area contributed by atoms with Crippen molar-refractivity contribution in [1.82, 2.24) is 0 Å². The second-order valence-electron chi connectivity index (χ2n) is 6.58. The van der Waals surface area contributed by atoms with Crippen LogP contribution in [0.1, 0.15) is 22.3 Å². The van der Waals surface area contributed by atoms with Gasteiger partial charge in [-0.15, -0.1) is 0 Å². The monoisotopic (exact) mass is 452 g/mol. The molecule has 0 saturated heterocycles. The highest BCUT2D eigenvalue weighted by Gasteiger charge is 2.31. The van der Waals surface area contributed by atoms with Gasteiger partial charge in [0.2, 0.25) is 0 Å². The zero-order valence-corrected chi connectivity index (χ0v) is 16.0. The molecular weight excluding hydrogens is 438 g/mol. The van der Waals surface area contributed by atoms with Crippen molar-refractivity contribution < 1.29 is 36.6 Å². The number of phenols is 2. The lowest BCUT2D eigenvalue weighted by Gasteiger charge is -2.08. The first-order chi connectivity index (χ1) is 14.9. The molecule has 0 aliphatic heterocycles. The van der Waals surface area contributed by atoms with E-state index in [0.29, 0.717) is 0 Å². The highest BCUT2D eigenvalue weighted by molar-refractivity contribution is 5.87. The molecular formula is C22H14F6N2O2. The molecule has 0 aromatic heterocycles. The number of nitrogens with zero attached hydrogens (tertiary/aromatic N) is 2. The van der Waals surface area contributed by atoms with Crippen LogP contribution in [0.2, 0.25) is 0 Å². The van der Waals surface area contributed by atoms with Crippen LogP contribution in [0, 0.1) is 0 Å². The van der Waals surface area contributed by atoms with E-state index in [1.807, 2.05) is 0 Å². The molecule has 4 nitrogen and oxygen atoms in total. The van der Waals surface area contributed by atoms with Crippen molar-refractivity contribution >= 4 is 23.8 Å². The number of hydrogen-bond donors (Lipinski definition) is 2. The summed E-state index contributed by atoms with van der Waals surface area (Å²) in [6.45, 7) is 0. The molecule has 0 radical (unpaired) electrons. The predicted octanol–water partition coefficient (Wildman–Crippen LogP) is 6.64. The van der Waals surface area contributed by atoms with Crippen LogP contribution in [0.3, 0.4) is 0 Å². The Morgan fingerprint density at radius 1 is 0.594 bits per heavy atom. The van der Waals surface area contributed by atoms with E-state index in [-0.39, 0.29) is 22.5 Å². The summed E-state index contributed by atoms with van der Waals surface area (Å²) in [6.07, 6.45) is -7.07. The average Bonchev–Trinajstić information content (AvgIpc) is 2.71. The van der Waals surface area contributed by atoms with Gasteiger partial charge in [-0.3, -0.25) is 9.98 Å². The van der Waals surface area contributed by atoms with Crippen LogP contribution in [0.4, 0.5) is 37.7 Å². The third-order valence-corrected chi connectivity index (χ3v) is 4.24. The van der Waals surface area contributed by atoms with Crippen LogP contribution >= 0.6 is 0 Å². The van der Waals surface area contributed by atoms with Crippen LogP contribution < -0.4 is 0 Å². The molecule has 0 bridgehead atoms. The minimum atomic E-state index is -4.58. The maximum atomic E-state index is 12.8. The lowest BCUT2D eigenvalue weighted by molar-refractivity contribution is -0.138. The zero-order valence-electron chi connectivity index (χ0n) is 16.0. The summed E-state index contributed by atoms with van der Waals surface area (Å²) < 4.78 is 77.0. The number of hydrogen-bond acceptors (Lipinski definition) is 4. The molecule has 0 heterocycles. The molecule has 0 unspecified atom stereocenters. The van der Waals surface area contributed by atoms with Crippen molar-refractivity contribution in [2.75, 3.05) is 0 Å². The summed E-state index contributed by atoms with van der Waals surface area (Å²) in [7, 11) is 0. The number of aliphatic imine (C=N–C) groups is 2. The molecule has 0 atom stereocenters. The summed E-state index contributed by atoms with van der Waals surface area (Å²) in [6, 6.07) is 10.8. The highest BCUT2D eigenvalue weighted by Crippen LogP contribution is 2.33. The fraction of sp³-hybridized carbons (Fsp3) is 0.0909. The topological polar surface area (TPSA) is 65.2 Å². The molecule has 0 spiro atoms. The minimum absolute atomic E-state index is 0.150. The third kappa shape index (κ3) is 5.65. The Bertz CT molecular complexity index is 1100. The van der Waals surface area contributed by atoms with E-state index in [1.54, 1.807) is 0 Å². The van der Waals surface area contributed by atoms with Crippen molar-refractivity contribution in [2.24, 2.45) is 9.98 Å². The van der Waals surface area contributed by atoms with Gasteiger partial charge in [-0.05, 0) is 54.6 Å². The number of aromatic hydroxyl groups is 2. The first-order valence-corrected chi connectivity index (χ1v) is 8.92. The molecule has 3 aromatic carbocycles. The van der Waals surface area contributed by atoms with Crippen molar-refractivity contribution in [3.8, 4) is 11.5 Å². The fourth-order valence-corrected chi connectivity index (χ4v) is 2.61. The lowest BCUT2D eigenvalue weighted by Crippen LogP contribution is -2.05. The van der Waals surface area contributed by atoms with Crippen molar-refractivity contribution in [2.45, 2.75) is 12.4 Å². The van der Waals surface area contributed by atoms with Gasteiger partial charge < -0.3 is 10.2 Å². The first-order valence-electron chi connectivity index (χ1n) is 8.92. The Labute approximate surface area is 177 Å². The standard InChI is InChI=1S/C22H14F6N2O2/c23-21(24,25)15-4-6-19(31)13(8-15)11-29-17-2-1-3-18(10-17)30-12-14-9-16(22(26,27)28)5-7-20(14)32/h1-12,31-32H. The highest BCUT2D eigenvalue weighted by atomic mass is 19.4. The molecule has 166 valence electrons. The molecule has 32 heavy (non-hydrogen) atoms. The van der Waals surface area contributed by atoms with Gasteiger partial charge in [0, 0.05) is 23.6 Å². The van der Waals surface area contributed by atoms with Gasteiger partial charge in [-0.1, -0.05) is 6.07 Å². The van der Waals surface area contributed by atoms with Gasteiger partial charge in [0.05, 0.1) is 22.5 Å². The Kier molecular flexibility index (Phi) is 6.24. The van der Waals surface area contributed by atoms with Crippen LogP contribution in [0.15, 0.2) is 70.6 Å². The van der Waals surface area contributed by atoms with Gasteiger partial charge in [-0.25, -0.2) is 0 Å². The number of rotatable bonds is 4. The maximum Gasteiger partial charge on any atom is 0.416 e. The molecule has 2 N–H and O–H groups in total. The fourth-order valence-electron chi connectivity index (χ4n) is 2.61. The van der Waals surface area contributed by atoms with E-state index < -0.39 is 35.0 Å². The minimum Gasteiger partial charge on any atom is -0.507 e. The molecule has 0 aliphatic carbocycles. The van der Waals surface area contributed by atoms with Gasteiger partial charge in [0.1, 0.15) is 11.5 Å². The van der Waals surface area contributed by atoms with Crippen LogP contribution in [0.5, 0.6) is 11.5 Å². The summed E-state index contributed by atoms with van der Waals surface area (Å²) in [5.41, 5.74) is -1.66. The Morgan fingerprint density at radius 2 is 1.00 bits per heavy atom. The predicted molar refractivity (Wildman–Crippen MR) is 107 cm³/mol. The van der Waals surface area contributed by atoms with E-state index in [9.17, 15) is 36.6 Å². The summed E-state index contributed by atoms with van der Waals surface area (Å²) >= 11 is 0. The van der Waals surface area contributed by atoms with Crippen LogP contribution in [-0.2, 0) is 12.4 Å². The van der Waals surface area contributed by atoms with E-state index in [4.69, 9.17) is 0 Å². The number of phenolic OH excluding ortho intramolecular Hbond substituents is 2. The SMILES string of the molecule is Oc1ccc(C(F)(F)F)cc1C=Nc1cccc(N=Cc2cc(C(F)(F)F)ccc2O)c1. The van der Waals surface area contributed by atoms with Crippen LogP contribution in [-0.4, -0.2) is 22.6 Å². The third-order valence-electron chi connectivity index (χ3n) is 4.24. The molecule has 0 aliphatic rings. The van der Waals surface area contributed by atoms with E-state index in [2.05, 4.69) is 9.98 Å². The second kappa shape index (κ2) is 8.74. The number of alkyl halides is 6. The molecule has 0 fully saturated rings. The summed E-state index contributed by atoms with van der Waals surface area (Å²) in [4.78, 5) is 8.03. The normalized spacial score (nSPS) is 12.7. The Morgan fingerprint density at radius 3 is 1.38 bits per heavy atom. The van der Waals surface area contributed by atoms with Gasteiger partial charge >= 0.3 is 12.4 Å². The van der Waals surface area contributed by atoms with E-state index >= 15 is 0 Å². The molecule has 10 heteroatoms. The largest absolute Gasteiger partial charge is 0.507 e. The first kappa shape index (κ1) is 22.9. The van der Waals surface area contributed by atoms with Crippen molar-refractivity contribution in [3.63, 3.8) is 0 Å². The lowest BCUT2D eigenvalue weighted by atomic mass is 10.1. The number of benzene rings is 3. The summed E-state index contributed by atoms with van der Waals surface area (Å²) in [5.74, 6) is -0.785. The molecule has 3 rings (SSSR count). The number of halogens is 6. The van der Waals surface area contributed by atoms with Crippen molar-refractivity contribution in [1.29, 1.82) is 0 Å². The maximum absolute atomic E-state index is 12.8. The molecule has 0 saturated carbocycles. The molecule has 3 aromatic rings. The van der Waals surface area contributed by atoms with Crippen molar-refractivity contribution in [3.05, 3.63) is 82.9 Å². The van der Waals surface area contributed by atoms with Gasteiger partial charge in [0.25, 0.3) is 0 Å². The van der Waals surface area contributed by atoms with E-state index in [0.717, 1.165) is 48.8 Å². The quantitative estimate of drug-likeness (QED) is 0.344. The molecule has 0 amide bonds. The zero-order chi connectivity index (χ0) is 23.5. The van der Waals surface area contributed by atoms with Gasteiger partial charge in [-0.2, -0.15) is 26.3 Å². The van der Waals surface area contributed by atoms with E-state index in [1.165, 1.54) is 24.3 Å². The Balaban J connectivity index is 1.84. The average molecular weight is 452 g/mol. The summed E-state index contributed by atoms with van der Waals surface area (Å²) in [5, 5.41) is 19.5. The van der Waals surface area contributed by atoms with Gasteiger partial charge in [0.15, 0.2) is 0 Å². The smallest absolute Gasteiger partial charge is 0.416 e. The second-order valence-corrected chi connectivity index (χ2v) is 6.58. The Hall–Kier alpha value is -3.82. The van der Waals surface area contributed by atoms with Crippen LogP contribution in [0.25, 0.3) is 0 Å².